The molecule has 0 radical (unpaired) electrons. The smallest absolute Gasteiger partial charge is 0.241 e. The number of nitrogen functional groups attached to an aromatic ring is 1. The largest absolute Gasteiger partial charge is 0.382 e. The first-order chi connectivity index (χ1) is 8.17. The lowest BCUT2D eigenvalue weighted by molar-refractivity contribution is -0.122. The Bertz CT molecular complexity index is 393. The van der Waals surface area contributed by atoms with Crippen LogP contribution in [-0.4, -0.2) is 33.2 Å². The van der Waals surface area contributed by atoms with Crippen LogP contribution in [0.5, 0.6) is 0 Å². The summed E-state index contributed by atoms with van der Waals surface area (Å²) in [6, 6.07) is 2.01. The van der Waals surface area contributed by atoms with E-state index in [1.807, 2.05) is 11.8 Å². The summed E-state index contributed by atoms with van der Waals surface area (Å²) in [5.41, 5.74) is 5.49. The number of thioether (sulfide) groups is 1. The maximum absolute atomic E-state index is 11.8. The minimum Gasteiger partial charge on any atom is -0.382 e. The van der Waals surface area contributed by atoms with Crippen LogP contribution in [0, 0.1) is 0 Å². The number of nitrogens with two attached hydrogens (primary N) is 1. The third-order valence-electron chi connectivity index (χ3n) is 3.05. The molecule has 1 aromatic heterocycles. The molecule has 1 aliphatic carbocycles. The molecular formula is C11H18N4OS. The van der Waals surface area contributed by atoms with E-state index in [9.17, 15) is 4.79 Å². The minimum absolute atomic E-state index is 0.0138. The van der Waals surface area contributed by atoms with Gasteiger partial charge in [0.05, 0.1) is 0 Å². The van der Waals surface area contributed by atoms with Crippen LogP contribution in [-0.2, 0) is 11.3 Å². The molecule has 6 heteroatoms. The number of nitrogens with one attached hydrogen (secondary N) is 1. The lowest BCUT2D eigenvalue weighted by atomic mass is 10.2. The van der Waals surface area contributed by atoms with Crippen molar-refractivity contribution in [1.29, 1.82) is 0 Å². The van der Waals surface area contributed by atoms with Crippen LogP contribution in [0.25, 0.3) is 0 Å². The van der Waals surface area contributed by atoms with E-state index in [0.29, 0.717) is 17.1 Å². The van der Waals surface area contributed by atoms with Crippen molar-refractivity contribution in [3.05, 3.63) is 12.3 Å². The van der Waals surface area contributed by atoms with Crippen LogP contribution in [0.2, 0.25) is 0 Å². The number of aromatic nitrogens is 2. The number of hydrogen-bond acceptors (Lipinski definition) is 4. The molecule has 1 fully saturated rings. The summed E-state index contributed by atoms with van der Waals surface area (Å²) in [5.74, 6) is 0.459. The van der Waals surface area contributed by atoms with Gasteiger partial charge in [-0.3, -0.25) is 9.48 Å². The van der Waals surface area contributed by atoms with Crippen LogP contribution < -0.4 is 11.1 Å². The first-order valence-corrected chi connectivity index (χ1v) is 7.07. The van der Waals surface area contributed by atoms with E-state index in [4.69, 9.17) is 5.73 Å². The van der Waals surface area contributed by atoms with Gasteiger partial charge in [-0.15, -0.1) is 0 Å². The number of anilines is 1. The second-order valence-corrected chi connectivity index (χ2v) is 5.51. The molecule has 1 aliphatic rings. The van der Waals surface area contributed by atoms with Crippen molar-refractivity contribution in [1.82, 2.24) is 15.1 Å². The highest BCUT2D eigenvalue weighted by atomic mass is 32.2. The number of rotatable bonds is 4. The third-order valence-corrected chi connectivity index (χ3v) is 4.14. The highest BCUT2D eigenvalue weighted by molar-refractivity contribution is 7.99. The van der Waals surface area contributed by atoms with E-state index in [1.54, 1.807) is 16.9 Å². The molecule has 1 amide bonds. The second kappa shape index (κ2) is 5.44. The number of carbonyl (C=O) groups excluding carboxylic acids is 1. The molecule has 0 bridgehead atoms. The van der Waals surface area contributed by atoms with Gasteiger partial charge < -0.3 is 11.1 Å². The molecule has 1 aromatic rings. The van der Waals surface area contributed by atoms with Gasteiger partial charge in [0.25, 0.3) is 0 Å². The van der Waals surface area contributed by atoms with Crippen LogP contribution in [0.1, 0.15) is 19.3 Å². The molecule has 0 aromatic carbocycles. The van der Waals surface area contributed by atoms with Gasteiger partial charge >= 0.3 is 0 Å². The molecule has 0 spiro atoms. The SMILES string of the molecule is CSC1CCC(NC(=O)Cn2ccc(N)n2)C1. The fraction of sp³-hybridized carbons (Fsp3) is 0.636. The summed E-state index contributed by atoms with van der Waals surface area (Å²) in [6.45, 7) is 0.248. The Morgan fingerprint density at radius 1 is 1.71 bits per heavy atom. The summed E-state index contributed by atoms with van der Waals surface area (Å²) < 4.78 is 1.56. The fourth-order valence-corrected chi connectivity index (χ4v) is 2.97. The van der Waals surface area contributed by atoms with E-state index in [-0.39, 0.29) is 12.5 Å². The van der Waals surface area contributed by atoms with E-state index >= 15 is 0 Å². The summed E-state index contributed by atoms with van der Waals surface area (Å²) >= 11 is 1.89. The quantitative estimate of drug-likeness (QED) is 0.836. The minimum atomic E-state index is 0.0138. The Morgan fingerprint density at radius 3 is 3.12 bits per heavy atom. The van der Waals surface area contributed by atoms with Gasteiger partial charge in [0, 0.05) is 17.5 Å². The number of carbonyl (C=O) groups is 1. The number of hydrogen-bond donors (Lipinski definition) is 2. The van der Waals surface area contributed by atoms with Gasteiger partial charge in [-0.1, -0.05) is 0 Å². The molecule has 94 valence electrons. The van der Waals surface area contributed by atoms with Gasteiger partial charge in [0.2, 0.25) is 5.91 Å². The van der Waals surface area contributed by atoms with Crippen molar-refractivity contribution in [2.75, 3.05) is 12.0 Å². The lowest BCUT2D eigenvalue weighted by Gasteiger charge is -2.12. The average Bonchev–Trinajstić information content (AvgIpc) is 2.88. The normalized spacial score (nSPS) is 23.8. The van der Waals surface area contributed by atoms with Crippen molar-refractivity contribution < 1.29 is 4.79 Å². The topological polar surface area (TPSA) is 72.9 Å². The summed E-state index contributed by atoms with van der Waals surface area (Å²) in [5, 5.41) is 7.73. The van der Waals surface area contributed by atoms with Crippen LogP contribution >= 0.6 is 11.8 Å². The molecule has 3 N–H and O–H groups in total. The zero-order chi connectivity index (χ0) is 12.3. The first kappa shape index (κ1) is 12.3. The standard InChI is InChI=1S/C11H18N4OS/c1-17-9-3-2-8(6-9)13-11(16)7-15-5-4-10(12)14-15/h4-5,8-9H,2-3,6-7H2,1H3,(H2,12,14)(H,13,16). The van der Waals surface area contributed by atoms with Gasteiger partial charge in [-0.25, -0.2) is 0 Å². The predicted octanol–water partition coefficient (Wildman–Crippen LogP) is 0.866. The summed E-state index contributed by atoms with van der Waals surface area (Å²) in [6.07, 6.45) is 7.20. The highest BCUT2D eigenvalue weighted by Crippen LogP contribution is 2.27. The summed E-state index contributed by atoms with van der Waals surface area (Å²) in [4.78, 5) is 11.8. The van der Waals surface area contributed by atoms with Crippen LogP contribution in [0.3, 0.4) is 0 Å². The fourth-order valence-electron chi connectivity index (χ4n) is 2.17. The van der Waals surface area contributed by atoms with Gasteiger partial charge in [-0.2, -0.15) is 16.9 Å². The molecule has 1 heterocycles. The Balaban J connectivity index is 1.78. The van der Waals surface area contributed by atoms with E-state index in [0.717, 1.165) is 12.8 Å². The molecule has 2 unspecified atom stereocenters. The van der Waals surface area contributed by atoms with Crippen molar-refractivity contribution >= 4 is 23.5 Å². The maximum atomic E-state index is 11.8. The van der Waals surface area contributed by atoms with E-state index in [1.165, 1.54) is 6.42 Å². The molecule has 17 heavy (non-hydrogen) atoms. The van der Waals surface area contributed by atoms with Crippen LogP contribution in [0.15, 0.2) is 12.3 Å². The Hall–Kier alpha value is -1.17. The third kappa shape index (κ3) is 3.39. The zero-order valence-electron chi connectivity index (χ0n) is 9.93. The number of nitrogens with zero attached hydrogens (tertiary/aromatic N) is 2. The van der Waals surface area contributed by atoms with E-state index < -0.39 is 0 Å². The Morgan fingerprint density at radius 2 is 2.53 bits per heavy atom. The van der Waals surface area contributed by atoms with Gasteiger partial charge in [0.15, 0.2) is 0 Å². The zero-order valence-corrected chi connectivity index (χ0v) is 10.7. The maximum Gasteiger partial charge on any atom is 0.241 e. The van der Waals surface area contributed by atoms with Crippen molar-refractivity contribution in [3.63, 3.8) is 0 Å². The van der Waals surface area contributed by atoms with E-state index in [2.05, 4.69) is 16.7 Å². The Kier molecular flexibility index (Phi) is 3.93. The molecule has 1 saturated carbocycles. The highest BCUT2D eigenvalue weighted by Gasteiger charge is 2.25. The average molecular weight is 254 g/mol. The van der Waals surface area contributed by atoms with Crippen molar-refractivity contribution in [2.45, 2.75) is 37.1 Å². The number of amides is 1. The van der Waals surface area contributed by atoms with Crippen LogP contribution in [0.4, 0.5) is 5.82 Å². The molecule has 5 nitrogen and oxygen atoms in total. The van der Waals surface area contributed by atoms with Crippen molar-refractivity contribution in [2.24, 2.45) is 0 Å². The predicted molar refractivity (Wildman–Crippen MR) is 69.7 cm³/mol. The monoisotopic (exact) mass is 254 g/mol. The molecule has 2 rings (SSSR count). The first-order valence-electron chi connectivity index (χ1n) is 5.78. The molecule has 0 aliphatic heterocycles. The van der Waals surface area contributed by atoms with Crippen molar-refractivity contribution in [3.8, 4) is 0 Å². The second-order valence-electron chi connectivity index (χ2n) is 4.37. The van der Waals surface area contributed by atoms with Gasteiger partial charge in [-0.05, 0) is 31.6 Å². The molecular weight excluding hydrogens is 236 g/mol. The molecule has 0 saturated heterocycles. The summed E-state index contributed by atoms with van der Waals surface area (Å²) in [7, 11) is 0. The molecule has 2 atom stereocenters. The Labute approximate surface area is 105 Å². The lowest BCUT2D eigenvalue weighted by Crippen LogP contribution is -2.35. The van der Waals surface area contributed by atoms with Gasteiger partial charge in [0.1, 0.15) is 12.4 Å².